The van der Waals surface area contributed by atoms with E-state index in [-0.39, 0.29) is 19.4 Å². The van der Waals surface area contributed by atoms with E-state index in [0.29, 0.717) is 12.8 Å². The number of carbonyl (C=O) groups excluding carboxylic acids is 2. The van der Waals surface area contributed by atoms with Crippen LogP contribution in [0.2, 0.25) is 0 Å². The normalized spacial score (nSPS) is 21.8. The molecule has 0 unspecified atom stereocenters. The maximum Gasteiger partial charge on any atom is 0.306 e. The number of esters is 2. The lowest BCUT2D eigenvalue weighted by atomic mass is 10.00. The van der Waals surface area contributed by atoms with Gasteiger partial charge in [-0.25, -0.2) is 0 Å². The van der Waals surface area contributed by atoms with Gasteiger partial charge < -0.3 is 34.3 Å². The Kier molecular flexibility index (Phi) is 26.3. The summed E-state index contributed by atoms with van der Waals surface area (Å²) in [6, 6.07) is 0. The predicted octanol–water partition coefficient (Wildman–Crippen LogP) is 6.17. The number of hydrogen-bond acceptors (Lipinski definition) is 11. The molecule has 12 nitrogen and oxygen atoms in total. The van der Waals surface area contributed by atoms with Crippen molar-refractivity contribution in [3.05, 3.63) is 0 Å². The molecular weight excluding hydrogens is 656 g/mol. The van der Waals surface area contributed by atoms with Gasteiger partial charge >= 0.3 is 11.9 Å². The third kappa shape index (κ3) is 23.7. The van der Waals surface area contributed by atoms with E-state index in [2.05, 4.69) is 13.8 Å². The Bertz CT molecular complexity index is 946. The summed E-state index contributed by atoms with van der Waals surface area (Å²) in [4.78, 5) is 25.1. The molecule has 290 valence electrons. The zero-order chi connectivity index (χ0) is 36.3. The molecule has 0 radical (unpaired) electrons. The average Bonchev–Trinajstić information content (AvgIpc) is 3.05. The van der Waals surface area contributed by atoms with Crippen molar-refractivity contribution >= 4 is 22.1 Å². The van der Waals surface area contributed by atoms with Gasteiger partial charge in [0.15, 0.2) is 12.4 Å². The first-order valence-corrected chi connectivity index (χ1v) is 20.7. The summed E-state index contributed by atoms with van der Waals surface area (Å²) in [5, 5.41) is 30.7. The third-order valence-corrected chi connectivity index (χ3v) is 9.69. The standard InChI is InChI=1S/C36H68O12S/c1-3-5-7-9-11-13-14-15-16-17-19-21-23-25-32(38)47-29(26-45-31(37)24-22-20-18-12-10-8-6-4-2)27-46-36-35(41)34(40)33(39)30(48-36)28-49(42,43)44/h29-30,33-36,39-41H,3-28H2,1-2H3,(H,42,43,44)/t29-,30-,33-,34+,35-,36-/m1/s1. The molecule has 0 aliphatic carbocycles. The molecule has 0 spiro atoms. The Labute approximate surface area is 295 Å². The fourth-order valence-corrected chi connectivity index (χ4v) is 6.60. The third-order valence-electron chi connectivity index (χ3n) is 8.94. The Hall–Kier alpha value is -1.35. The number of ether oxygens (including phenoxy) is 4. The van der Waals surface area contributed by atoms with Crippen molar-refractivity contribution in [2.45, 2.75) is 198 Å². The van der Waals surface area contributed by atoms with Crippen LogP contribution in [0, 0.1) is 0 Å². The number of aliphatic hydroxyl groups is 3. The van der Waals surface area contributed by atoms with Crippen LogP contribution in [-0.2, 0) is 38.7 Å². The first-order chi connectivity index (χ1) is 23.5. The Morgan fingerprint density at radius 1 is 0.612 bits per heavy atom. The van der Waals surface area contributed by atoms with Crippen molar-refractivity contribution in [3.63, 3.8) is 0 Å². The molecule has 0 aromatic carbocycles. The van der Waals surface area contributed by atoms with E-state index >= 15 is 0 Å². The minimum Gasteiger partial charge on any atom is -0.462 e. The SMILES string of the molecule is CCCCCCCCCCCCCCCC(=O)O[C@H](COC(=O)CCCCCCCCCC)CO[C@@H]1O[C@H](CS(=O)(=O)O)[C@@H](O)[C@H](O)[C@H]1O. The van der Waals surface area contributed by atoms with E-state index in [9.17, 15) is 37.9 Å². The van der Waals surface area contributed by atoms with Crippen molar-refractivity contribution in [2.75, 3.05) is 19.0 Å². The summed E-state index contributed by atoms with van der Waals surface area (Å²) in [7, 11) is -4.59. The van der Waals surface area contributed by atoms with Gasteiger partial charge in [0.25, 0.3) is 10.1 Å². The number of unbranched alkanes of at least 4 members (excludes halogenated alkanes) is 19. The molecule has 1 aliphatic rings. The van der Waals surface area contributed by atoms with E-state index < -0.39 is 71.2 Å². The van der Waals surface area contributed by atoms with E-state index in [0.717, 1.165) is 38.5 Å². The molecular formula is C36H68O12S. The topological polar surface area (TPSA) is 186 Å². The molecule has 49 heavy (non-hydrogen) atoms. The molecule has 0 saturated carbocycles. The smallest absolute Gasteiger partial charge is 0.306 e. The zero-order valence-electron chi connectivity index (χ0n) is 30.3. The molecule has 1 rings (SSSR count). The number of rotatable bonds is 31. The lowest BCUT2D eigenvalue weighted by Crippen LogP contribution is -2.60. The number of aliphatic hydroxyl groups excluding tert-OH is 3. The van der Waals surface area contributed by atoms with Crippen LogP contribution >= 0.6 is 0 Å². The van der Waals surface area contributed by atoms with Crippen molar-refractivity contribution in [2.24, 2.45) is 0 Å². The second kappa shape index (κ2) is 28.3. The van der Waals surface area contributed by atoms with E-state index in [1.54, 1.807) is 0 Å². The van der Waals surface area contributed by atoms with Gasteiger partial charge in [-0.1, -0.05) is 136 Å². The van der Waals surface area contributed by atoms with Gasteiger partial charge in [-0.15, -0.1) is 0 Å². The van der Waals surface area contributed by atoms with Gasteiger partial charge in [0.2, 0.25) is 0 Å². The van der Waals surface area contributed by atoms with Crippen LogP contribution in [0.4, 0.5) is 0 Å². The average molecular weight is 725 g/mol. The Morgan fingerprint density at radius 2 is 1.04 bits per heavy atom. The van der Waals surface area contributed by atoms with Gasteiger partial charge in [0.1, 0.15) is 36.8 Å². The minimum absolute atomic E-state index is 0.171. The first-order valence-electron chi connectivity index (χ1n) is 19.1. The maximum atomic E-state index is 12.7. The molecule has 13 heteroatoms. The number of hydrogen-bond donors (Lipinski definition) is 4. The molecule has 0 bridgehead atoms. The summed E-state index contributed by atoms with van der Waals surface area (Å²) in [6.07, 6.45) is 14.7. The summed E-state index contributed by atoms with van der Waals surface area (Å²) in [5.41, 5.74) is 0. The molecule has 4 N–H and O–H groups in total. The molecule has 1 heterocycles. The summed E-state index contributed by atoms with van der Waals surface area (Å²) in [5.74, 6) is -1.98. The molecule has 0 aromatic heterocycles. The minimum atomic E-state index is -4.59. The molecule has 1 aliphatic heterocycles. The van der Waals surface area contributed by atoms with Gasteiger partial charge in [-0.2, -0.15) is 8.42 Å². The van der Waals surface area contributed by atoms with E-state index in [1.165, 1.54) is 83.5 Å². The summed E-state index contributed by atoms with van der Waals surface area (Å²) < 4.78 is 53.7. The second-order valence-corrected chi connectivity index (χ2v) is 15.1. The van der Waals surface area contributed by atoms with Crippen LogP contribution < -0.4 is 0 Å². The Morgan fingerprint density at radius 3 is 1.49 bits per heavy atom. The highest BCUT2D eigenvalue weighted by Crippen LogP contribution is 2.24. The Balaban J connectivity index is 2.52. The molecule has 0 aromatic rings. The van der Waals surface area contributed by atoms with Crippen molar-refractivity contribution < 1.29 is 56.8 Å². The predicted molar refractivity (Wildman–Crippen MR) is 187 cm³/mol. The van der Waals surface area contributed by atoms with Gasteiger partial charge in [-0.3, -0.25) is 14.1 Å². The fraction of sp³-hybridized carbons (Fsp3) is 0.944. The van der Waals surface area contributed by atoms with Gasteiger partial charge in [0.05, 0.1) is 6.61 Å². The van der Waals surface area contributed by atoms with Crippen LogP contribution in [0.25, 0.3) is 0 Å². The zero-order valence-corrected chi connectivity index (χ0v) is 31.1. The summed E-state index contributed by atoms with van der Waals surface area (Å²) >= 11 is 0. The largest absolute Gasteiger partial charge is 0.462 e. The monoisotopic (exact) mass is 724 g/mol. The lowest BCUT2D eigenvalue weighted by Gasteiger charge is -2.40. The summed E-state index contributed by atoms with van der Waals surface area (Å²) in [6.45, 7) is 3.70. The van der Waals surface area contributed by atoms with Crippen molar-refractivity contribution in [3.8, 4) is 0 Å². The van der Waals surface area contributed by atoms with Gasteiger partial charge in [-0.05, 0) is 12.8 Å². The van der Waals surface area contributed by atoms with Crippen LogP contribution in [0.15, 0.2) is 0 Å². The second-order valence-electron chi connectivity index (χ2n) is 13.6. The first kappa shape index (κ1) is 45.7. The fourth-order valence-electron chi connectivity index (χ4n) is 5.91. The van der Waals surface area contributed by atoms with Crippen LogP contribution in [0.3, 0.4) is 0 Å². The van der Waals surface area contributed by atoms with Crippen LogP contribution in [-0.4, -0.2) is 96.0 Å². The van der Waals surface area contributed by atoms with Crippen molar-refractivity contribution in [1.82, 2.24) is 0 Å². The highest BCUT2D eigenvalue weighted by atomic mass is 32.2. The molecule has 1 saturated heterocycles. The maximum absolute atomic E-state index is 12.7. The van der Waals surface area contributed by atoms with Crippen LogP contribution in [0.5, 0.6) is 0 Å². The lowest BCUT2D eigenvalue weighted by molar-refractivity contribution is -0.297. The van der Waals surface area contributed by atoms with E-state index in [4.69, 9.17) is 18.9 Å². The quantitative estimate of drug-likeness (QED) is 0.0363. The van der Waals surface area contributed by atoms with Gasteiger partial charge in [0, 0.05) is 12.8 Å². The highest BCUT2D eigenvalue weighted by molar-refractivity contribution is 7.85. The van der Waals surface area contributed by atoms with E-state index in [1.807, 2.05) is 0 Å². The number of carbonyl (C=O) groups is 2. The van der Waals surface area contributed by atoms with Crippen molar-refractivity contribution in [1.29, 1.82) is 0 Å². The highest BCUT2D eigenvalue weighted by Gasteiger charge is 2.46. The van der Waals surface area contributed by atoms with Crippen LogP contribution in [0.1, 0.15) is 162 Å². The molecule has 6 atom stereocenters. The molecule has 1 fully saturated rings. The molecule has 0 amide bonds.